The first-order valence-corrected chi connectivity index (χ1v) is 11.9. The van der Waals surface area contributed by atoms with Gasteiger partial charge < -0.3 is 14.4 Å². The van der Waals surface area contributed by atoms with E-state index in [9.17, 15) is 9.59 Å². The minimum absolute atomic E-state index is 0.0376. The van der Waals surface area contributed by atoms with Gasteiger partial charge in [0.25, 0.3) is 5.56 Å². The van der Waals surface area contributed by atoms with E-state index in [1.54, 1.807) is 30.5 Å². The molecule has 1 amide bonds. The van der Waals surface area contributed by atoms with Crippen LogP contribution in [0.4, 0.5) is 0 Å². The van der Waals surface area contributed by atoms with E-state index >= 15 is 0 Å². The van der Waals surface area contributed by atoms with E-state index in [1.807, 2.05) is 35.0 Å². The standard InChI is InChI=1S/C23H21N3O4S2/c1-29-17-8-14-5-6-25(10-15(14)9-18(17)30-2)20(27)11-26-13-24-22-21(23(26)28)16(12-32-22)19-4-3-7-31-19/h3-4,7-9,12-13H,5-6,10-11H2,1-2H3. The summed E-state index contributed by atoms with van der Waals surface area (Å²) in [6.07, 6.45) is 2.20. The smallest absolute Gasteiger partial charge is 0.263 e. The van der Waals surface area contributed by atoms with Crippen molar-refractivity contribution in [1.82, 2.24) is 14.5 Å². The van der Waals surface area contributed by atoms with Gasteiger partial charge in [-0.25, -0.2) is 4.98 Å². The Labute approximate surface area is 192 Å². The minimum atomic E-state index is -0.184. The molecule has 32 heavy (non-hydrogen) atoms. The first-order valence-electron chi connectivity index (χ1n) is 10.1. The molecule has 3 aromatic heterocycles. The fourth-order valence-electron chi connectivity index (χ4n) is 4.04. The Hall–Kier alpha value is -3.17. The second kappa shape index (κ2) is 8.40. The lowest BCUT2D eigenvalue weighted by molar-refractivity contribution is -0.132. The Balaban J connectivity index is 1.41. The number of hydrogen-bond donors (Lipinski definition) is 0. The largest absolute Gasteiger partial charge is 0.493 e. The number of benzene rings is 1. The van der Waals surface area contributed by atoms with Crippen LogP contribution in [0.5, 0.6) is 11.5 Å². The van der Waals surface area contributed by atoms with Gasteiger partial charge in [0.2, 0.25) is 5.91 Å². The van der Waals surface area contributed by atoms with Crippen molar-refractivity contribution in [2.75, 3.05) is 20.8 Å². The molecular weight excluding hydrogens is 446 g/mol. The first kappa shape index (κ1) is 20.7. The second-order valence-corrected chi connectivity index (χ2v) is 9.33. The van der Waals surface area contributed by atoms with Crippen molar-refractivity contribution in [1.29, 1.82) is 0 Å². The molecule has 0 saturated heterocycles. The van der Waals surface area contributed by atoms with Crippen molar-refractivity contribution >= 4 is 38.8 Å². The molecular formula is C23H21N3O4S2. The van der Waals surface area contributed by atoms with Crippen molar-refractivity contribution < 1.29 is 14.3 Å². The summed E-state index contributed by atoms with van der Waals surface area (Å²) in [6.45, 7) is 1.02. The molecule has 1 aromatic carbocycles. The van der Waals surface area contributed by atoms with Gasteiger partial charge in [0, 0.05) is 28.9 Å². The molecule has 0 spiro atoms. The van der Waals surface area contributed by atoms with Crippen molar-refractivity contribution in [3.63, 3.8) is 0 Å². The number of amides is 1. The van der Waals surface area contributed by atoms with Crippen LogP contribution in [0.2, 0.25) is 0 Å². The molecule has 4 heterocycles. The number of fused-ring (bicyclic) bond motifs is 2. The van der Waals surface area contributed by atoms with E-state index in [-0.39, 0.29) is 18.0 Å². The van der Waals surface area contributed by atoms with Crippen LogP contribution in [-0.2, 0) is 24.3 Å². The third-order valence-electron chi connectivity index (χ3n) is 5.72. The summed E-state index contributed by atoms with van der Waals surface area (Å²) >= 11 is 3.03. The van der Waals surface area contributed by atoms with Crippen molar-refractivity contribution in [3.05, 3.63) is 62.8 Å². The van der Waals surface area contributed by atoms with Gasteiger partial charge in [0.1, 0.15) is 11.4 Å². The van der Waals surface area contributed by atoms with E-state index in [0.29, 0.717) is 34.8 Å². The average molecular weight is 468 g/mol. The zero-order chi connectivity index (χ0) is 22.2. The van der Waals surface area contributed by atoms with Gasteiger partial charge in [-0.3, -0.25) is 14.2 Å². The lowest BCUT2D eigenvalue weighted by Crippen LogP contribution is -2.39. The molecule has 164 valence electrons. The van der Waals surface area contributed by atoms with Gasteiger partial charge in [0.15, 0.2) is 11.5 Å². The fourth-order valence-corrected chi connectivity index (χ4v) is 5.76. The van der Waals surface area contributed by atoms with Crippen molar-refractivity contribution in [2.24, 2.45) is 0 Å². The zero-order valence-corrected chi connectivity index (χ0v) is 19.3. The Bertz CT molecular complexity index is 1360. The Kier molecular flexibility index (Phi) is 5.44. The van der Waals surface area contributed by atoms with Crippen molar-refractivity contribution in [2.45, 2.75) is 19.5 Å². The Morgan fingerprint density at radius 3 is 2.66 bits per heavy atom. The summed E-state index contributed by atoms with van der Waals surface area (Å²) in [5.41, 5.74) is 2.87. The van der Waals surface area contributed by atoms with Crippen LogP contribution in [0.3, 0.4) is 0 Å². The lowest BCUT2D eigenvalue weighted by Gasteiger charge is -2.29. The van der Waals surface area contributed by atoms with Gasteiger partial charge in [-0.1, -0.05) is 6.07 Å². The Morgan fingerprint density at radius 1 is 1.16 bits per heavy atom. The molecule has 0 atom stereocenters. The number of nitrogens with zero attached hydrogens (tertiary/aromatic N) is 3. The molecule has 0 saturated carbocycles. The highest BCUT2D eigenvalue weighted by molar-refractivity contribution is 7.18. The van der Waals surface area contributed by atoms with Crippen LogP contribution in [-0.4, -0.2) is 41.1 Å². The van der Waals surface area contributed by atoms with E-state index < -0.39 is 0 Å². The number of thiophene rings is 2. The van der Waals surface area contributed by atoms with Gasteiger partial charge in [-0.15, -0.1) is 22.7 Å². The molecule has 5 rings (SSSR count). The summed E-state index contributed by atoms with van der Waals surface area (Å²) in [4.78, 5) is 34.2. The number of carbonyl (C=O) groups excluding carboxylic acids is 1. The number of hydrogen-bond acceptors (Lipinski definition) is 7. The van der Waals surface area contributed by atoms with Crippen molar-refractivity contribution in [3.8, 4) is 21.9 Å². The third kappa shape index (κ3) is 3.57. The van der Waals surface area contributed by atoms with Gasteiger partial charge in [-0.2, -0.15) is 0 Å². The maximum Gasteiger partial charge on any atom is 0.263 e. The molecule has 7 nitrogen and oxygen atoms in total. The summed E-state index contributed by atoms with van der Waals surface area (Å²) < 4.78 is 12.2. The molecule has 0 N–H and O–H groups in total. The number of methoxy groups -OCH3 is 2. The van der Waals surface area contributed by atoms with E-state index in [0.717, 1.165) is 28.0 Å². The van der Waals surface area contributed by atoms with Gasteiger partial charge in [0.05, 0.1) is 25.9 Å². The van der Waals surface area contributed by atoms with E-state index in [4.69, 9.17) is 9.47 Å². The van der Waals surface area contributed by atoms with Gasteiger partial charge in [-0.05, 0) is 41.1 Å². The number of carbonyl (C=O) groups is 1. The second-order valence-electron chi connectivity index (χ2n) is 7.53. The van der Waals surface area contributed by atoms with Crippen LogP contribution in [0, 0.1) is 0 Å². The number of rotatable bonds is 5. The molecule has 1 aliphatic heterocycles. The average Bonchev–Trinajstić information content (AvgIpc) is 3.49. The topological polar surface area (TPSA) is 73.7 Å². The predicted molar refractivity (Wildman–Crippen MR) is 126 cm³/mol. The third-order valence-corrected chi connectivity index (χ3v) is 7.51. The highest BCUT2D eigenvalue weighted by Gasteiger charge is 2.24. The molecule has 0 bridgehead atoms. The number of ether oxygens (including phenoxy) is 2. The normalized spacial score (nSPS) is 13.2. The molecule has 1 aliphatic rings. The quantitative estimate of drug-likeness (QED) is 0.447. The SMILES string of the molecule is COc1cc2c(cc1OC)CN(C(=O)Cn1cnc3scc(-c4cccs4)c3c1=O)CC2. The minimum Gasteiger partial charge on any atom is -0.493 e. The van der Waals surface area contributed by atoms with E-state index in [2.05, 4.69) is 4.98 Å². The van der Waals surface area contributed by atoms with Crippen LogP contribution in [0.15, 0.2) is 46.1 Å². The van der Waals surface area contributed by atoms with Crippen LogP contribution in [0.25, 0.3) is 20.7 Å². The molecule has 4 aromatic rings. The molecule has 0 aliphatic carbocycles. The number of aromatic nitrogens is 2. The zero-order valence-electron chi connectivity index (χ0n) is 17.7. The van der Waals surface area contributed by atoms with E-state index in [1.165, 1.54) is 22.2 Å². The monoisotopic (exact) mass is 467 g/mol. The van der Waals surface area contributed by atoms with Crippen LogP contribution >= 0.6 is 22.7 Å². The molecule has 9 heteroatoms. The summed E-state index contributed by atoms with van der Waals surface area (Å²) in [6, 6.07) is 7.84. The highest BCUT2D eigenvalue weighted by atomic mass is 32.1. The first-order chi connectivity index (χ1) is 15.6. The predicted octanol–water partition coefficient (Wildman–Crippen LogP) is 3.79. The summed E-state index contributed by atoms with van der Waals surface area (Å²) in [5, 5.41) is 4.52. The fraction of sp³-hybridized carbons (Fsp3) is 0.261. The summed E-state index contributed by atoms with van der Waals surface area (Å²) in [7, 11) is 3.21. The highest BCUT2D eigenvalue weighted by Crippen LogP contribution is 2.34. The Morgan fingerprint density at radius 2 is 1.94 bits per heavy atom. The van der Waals surface area contributed by atoms with Crippen LogP contribution in [0.1, 0.15) is 11.1 Å². The maximum atomic E-state index is 13.2. The summed E-state index contributed by atoms with van der Waals surface area (Å²) in [5.74, 6) is 1.22. The molecule has 0 radical (unpaired) electrons. The molecule has 0 fully saturated rings. The maximum absolute atomic E-state index is 13.2. The van der Waals surface area contributed by atoms with Gasteiger partial charge >= 0.3 is 0 Å². The lowest BCUT2D eigenvalue weighted by atomic mass is 9.98. The van der Waals surface area contributed by atoms with Crippen LogP contribution < -0.4 is 15.0 Å². The molecule has 0 unspecified atom stereocenters.